The summed E-state index contributed by atoms with van der Waals surface area (Å²) in [5.41, 5.74) is 0. The van der Waals surface area contributed by atoms with Crippen LogP contribution in [0.2, 0.25) is 0 Å². The Morgan fingerprint density at radius 2 is 2.43 bits per heavy atom. The van der Waals surface area contributed by atoms with Gasteiger partial charge < -0.3 is 4.74 Å². The van der Waals surface area contributed by atoms with Gasteiger partial charge in [0.15, 0.2) is 0 Å². The van der Waals surface area contributed by atoms with Crippen molar-refractivity contribution in [2.45, 2.75) is 18.9 Å². The molecule has 2 rings (SSSR count). The monoisotopic (exact) mass is 281 g/mol. The van der Waals surface area contributed by atoms with Crippen LogP contribution in [0.15, 0.2) is 11.2 Å². The second-order valence-corrected chi connectivity index (χ2v) is 5.90. The number of alkyl halides is 1. The smallest absolute Gasteiger partial charge is 0.240 e. The summed E-state index contributed by atoms with van der Waals surface area (Å²) in [5, 5.41) is 1.98. The van der Waals surface area contributed by atoms with Gasteiger partial charge >= 0.3 is 0 Å². The minimum atomic E-state index is -3.17. The third-order valence-corrected chi connectivity index (χ3v) is 4.41. The first-order chi connectivity index (χ1) is 6.65. The van der Waals surface area contributed by atoms with Crippen LogP contribution in [-0.2, 0) is 14.8 Å². The van der Waals surface area contributed by atoms with Crippen LogP contribution in [0.1, 0.15) is 12.8 Å². The largest absolute Gasteiger partial charge is 0.495 e. The van der Waals surface area contributed by atoms with E-state index in [9.17, 15) is 8.42 Å². The van der Waals surface area contributed by atoms with E-state index in [0.717, 1.165) is 18.2 Å². The maximum Gasteiger partial charge on any atom is 0.240 e. The van der Waals surface area contributed by atoms with Gasteiger partial charge in [0.2, 0.25) is 10.0 Å². The summed E-state index contributed by atoms with van der Waals surface area (Å²) in [6.45, 7) is 1.15. The highest BCUT2D eigenvalue weighted by Gasteiger charge is 2.42. The van der Waals surface area contributed by atoms with Gasteiger partial charge in [0.05, 0.1) is 18.1 Å². The van der Waals surface area contributed by atoms with E-state index < -0.39 is 10.0 Å². The number of nitrogens with zero attached hydrogens (tertiary/aromatic N) is 1. The van der Waals surface area contributed by atoms with Gasteiger partial charge in [-0.1, -0.05) is 15.9 Å². The van der Waals surface area contributed by atoms with Gasteiger partial charge in [-0.3, -0.25) is 0 Å². The molecule has 0 N–H and O–H groups in total. The molecule has 0 saturated carbocycles. The first-order valence-corrected chi connectivity index (χ1v) is 7.20. The molecule has 1 saturated heterocycles. The number of halogens is 1. The number of hydrogen-bond acceptors (Lipinski definition) is 3. The molecular weight excluding hydrogens is 270 g/mol. The molecule has 14 heavy (non-hydrogen) atoms. The van der Waals surface area contributed by atoms with Crippen molar-refractivity contribution in [3.05, 3.63) is 11.2 Å². The molecule has 4 nitrogen and oxygen atoms in total. The Labute approximate surface area is 92.1 Å². The van der Waals surface area contributed by atoms with Crippen molar-refractivity contribution < 1.29 is 13.2 Å². The Hall–Kier alpha value is -0.0700. The summed E-state index contributed by atoms with van der Waals surface area (Å²) in [4.78, 5) is 0. The van der Waals surface area contributed by atoms with Crippen molar-refractivity contribution in [2.75, 3.05) is 18.5 Å². The van der Waals surface area contributed by atoms with E-state index in [-0.39, 0.29) is 6.04 Å². The van der Waals surface area contributed by atoms with Crippen molar-refractivity contribution in [1.29, 1.82) is 0 Å². The molecule has 0 spiro atoms. The molecule has 2 heterocycles. The fourth-order valence-electron chi connectivity index (χ4n) is 1.91. The predicted molar refractivity (Wildman–Crippen MR) is 56.5 cm³/mol. The Morgan fingerprint density at radius 3 is 3.14 bits per heavy atom. The van der Waals surface area contributed by atoms with Gasteiger partial charge in [-0.05, 0) is 12.8 Å². The number of sulfonamides is 1. The highest BCUT2D eigenvalue weighted by Crippen LogP contribution is 2.34. The normalized spacial score (nSPS) is 30.1. The van der Waals surface area contributed by atoms with Crippen LogP contribution in [0.5, 0.6) is 0 Å². The molecule has 0 aromatic carbocycles. The van der Waals surface area contributed by atoms with E-state index in [0.29, 0.717) is 18.9 Å². The fourth-order valence-corrected chi connectivity index (χ4v) is 3.67. The highest BCUT2D eigenvalue weighted by molar-refractivity contribution is 9.09. The Balaban J connectivity index is 2.17. The van der Waals surface area contributed by atoms with Crippen molar-refractivity contribution >= 4 is 26.0 Å². The van der Waals surface area contributed by atoms with Gasteiger partial charge in [-0.25, -0.2) is 8.42 Å². The molecule has 1 unspecified atom stereocenters. The first-order valence-electron chi connectivity index (χ1n) is 4.57. The summed E-state index contributed by atoms with van der Waals surface area (Å²) in [5.74, 6) is 0.613. The van der Waals surface area contributed by atoms with Crippen LogP contribution in [-0.4, -0.2) is 37.2 Å². The molecule has 2 aliphatic rings. The lowest BCUT2D eigenvalue weighted by atomic mass is 10.2. The molecule has 6 heteroatoms. The maximum atomic E-state index is 11.6. The lowest BCUT2D eigenvalue weighted by molar-refractivity contribution is 0.196. The van der Waals surface area contributed by atoms with Crippen LogP contribution in [0.4, 0.5) is 0 Å². The molecule has 0 aromatic rings. The van der Waals surface area contributed by atoms with Crippen molar-refractivity contribution in [2.24, 2.45) is 0 Å². The third kappa shape index (κ3) is 1.70. The minimum absolute atomic E-state index is 0.0287. The van der Waals surface area contributed by atoms with Gasteiger partial charge in [-0.15, -0.1) is 0 Å². The fraction of sp³-hybridized carbons (Fsp3) is 0.750. The van der Waals surface area contributed by atoms with Crippen molar-refractivity contribution in [3.63, 3.8) is 0 Å². The lowest BCUT2D eigenvalue weighted by Crippen LogP contribution is -2.29. The summed E-state index contributed by atoms with van der Waals surface area (Å²) < 4.78 is 30.1. The molecule has 2 aliphatic heterocycles. The zero-order valence-corrected chi connectivity index (χ0v) is 10.1. The quantitative estimate of drug-likeness (QED) is 0.727. The molecule has 0 bridgehead atoms. The average Bonchev–Trinajstić information content (AvgIpc) is 2.67. The van der Waals surface area contributed by atoms with Gasteiger partial charge in [0.1, 0.15) is 5.76 Å². The van der Waals surface area contributed by atoms with Gasteiger partial charge in [0.25, 0.3) is 0 Å². The number of ether oxygens (including phenoxy) is 1. The van der Waals surface area contributed by atoms with Crippen LogP contribution < -0.4 is 0 Å². The summed E-state index contributed by atoms with van der Waals surface area (Å²) in [6, 6.07) is -0.0287. The number of hydrogen-bond donors (Lipinski definition) is 0. The Morgan fingerprint density at radius 1 is 1.64 bits per heavy atom. The average molecular weight is 282 g/mol. The molecule has 0 aliphatic carbocycles. The van der Waals surface area contributed by atoms with Crippen LogP contribution in [0, 0.1) is 0 Å². The van der Waals surface area contributed by atoms with E-state index >= 15 is 0 Å². The van der Waals surface area contributed by atoms with E-state index in [4.69, 9.17) is 4.74 Å². The molecule has 1 fully saturated rings. The van der Waals surface area contributed by atoms with E-state index in [1.807, 2.05) is 0 Å². The minimum Gasteiger partial charge on any atom is -0.495 e. The van der Waals surface area contributed by atoms with Crippen molar-refractivity contribution in [1.82, 2.24) is 4.31 Å². The SMILES string of the molecule is O=S1(=O)C=C(OCCBr)C2CCCN21. The first kappa shape index (κ1) is 10.4. The summed E-state index contributed by atoms with van der Waals surface area (Å²) in [6.07, 6.45) is 1.81. The third-order valence-electron chi connectivity index (χ3n) is 2.47. The molecule has 0 aromatic heterocycles. The van der Waals surface area contributed by atoms with Crippen molar-refractivity contribution in [3.8, 4) is 0 Å². The van der Waals surface area contributed by atoms with E-state index in [2.05, 4.69) is 15.9 Å². The zero-order valence-electron chi connectivity index (χ0n) is 7.65. The standard InChI is InChI=1S/C8H12BrNO3S/c9-3-5-13-8-6-14(11,12)10-4-1-2-7(8)10/h6-7H,1-5H2. The van der Waals surface area contributed by atoms with E-state index in [1.165, 1.54) is 9.71 Å². The molecule has 0 amide bonds. The molecule has 1 atom stereocenters. The van der Waals surface area contributed by atoms with Crippen LogP contribution in [0.25, 0.3) is 0 Å². The number of fused-ring (bicyclic) bond motifs is 1. The predicted octanol–water partition coefficient (Wildman–Crippen LogP) is 1.05. The van der Waals surface area contributed by atoms with Gasteiger partial charge in [0, 0.05) is 11.9 Å². The molecular formula is C8H12BrNO3S. The highest BCUT2D eigenvalue weighted by atomic mass is 79.9. The second kappa shape index (κ2) is 3.83. The second-order valence-electron chi connectivity index (χ2n) is 3.37. The summed E-state index contributed by atoms with van der Waals surface area (Å²) >= 11 is 3.24. The van der Waals surface area contributed by atoms with E-state index in [1.54, 1.807) is 0 Å². The summed E-state index contributed by atoms with van der Waals surface area (Å²) in [7, 11) is -3.17. The Bertz CT molecular complexity index is 352. The van der Waals surface area contributed by atoms with Gasteiger partial charge in [-0.2, -0.15) is 4.31 Å². The lowest BCUT2D eigenvalue weighted by Gasteiger charge is -2.15. The topological polar surface area (TPSA) is 46.6 Å². The van der Waals surface area contributed by atoms with Crippen LogP contribution in [0.3, 0.4) is 0 Å². The molecule has 0 radical (unpaired) electrons. The zero-order chi connectivity index (χ0) is 10.2. The van der Waals surface area contributed by atoms with Crippen LogP contribution >= 0.6 is 15.9 Å². The number of rotatable bonds is 3. The maximum absolute atomic E-state index is 11.6. The Kier molecular flexibility index (Phi) is 2.86. The molecule has 80 valence electrons.